The molecule has 0 unspecified atom stereocenters. The number of hydrogen-bond donors (Lipinski definition) is 0. The molecule has 8 heteroatoms. The number of carbonyl (C=O) groups excluding carboxylic acids is 2. The number of nitrogens with zero attached hydrogens (tertiary/aromatic N) is 2. The summed E-state index contributed by atoms with van der Waals surface area (Å²) >= 11 is 0. The van der Waals surface area contributed by atoms with Crippen LogP contribution in [-0.4, -0.2) is 93.2 Å². The first kappa shape index (κ1) is 35.0. The van der Waals surface area contributed by atoms with Gasteiger partial charge in [0.25, 0.3) is 0 Å². The lowest BCUT2D eigenvalue weighted by Crippen LogP contribution is -2.36. The largest absolute Gasteiger partial charge is 0.463 e. The highest BCUT2D eigenvalue weighted by Gasteiger charge is 2.23. The summed E-state index contributed by atoms with van der Waals surface area (Å²) in [7, 11) is 0. The molecule has 0 aromatic rings. The van der Waals surface area contributed by atoms with Gasteiger partial charge in [0.05, 0.1) is 19.6 Å². The zero-order chi connectivity index (χ0) is 29.4. The highest BCUT2D eigenvalue weighted by Crippen LogP contribution is 2.27. The molecule has 234 valence electrons. The van der Waals surface area contributed by atoms with E-state index in [1.807, 2.05) is 13.8 Å². The third-order valence-corrected chi connectivity index (χ3v) is 8.06. The van der Waals surface area contributed by atoms with Gasteiger partial charge in [-0.15, -0.1) is 0 Å². The topological polar surface area (TPSA) is 77.5 Å². The molecule has 0 bridgehead atoms. The summed E-state index contributed by atoms with van der Waals surface area (Å²) in [6, 6.07) is 0. The summed E-state index contributed by atoms with van der Waals surface area (Å²) in [5.41, 5.74) is 0. The molecule has 0 saturated carbocycles. The Kier molecular flexibility index (Phi) is 16.7. The number of ether oxygens (including phenoxy) is 4. The molecule has 2 fully saturated rings. The smallest absolute Gasteiger partial charge is 0.307 e. The van der Waals surface area contributed by atoms with Crippen LogP contribution in [-0.2, 0) is 28.5 Å². The minimum absolute atomic E-state index is 0.180. The molecule has 0 aliphatic carbocycles. The van der Waals surface area contributed by atoms with E-state index in [0.29, 0.717) is 12.8 Å². The Morgan fingerprint density at radius 1 is 0.725 bits per heavy atom. The molecule has 0 aromatic carbocycles. The van der Waals surface area contributed by atoms with Crippen LogP contribution in [0.25, 0.3) is 0 Å². The van der Waals surface area contributed by atoms with Gasteiger partial charge >= 0.3 is 11.9 Å². The fraction of sp³-hybridized carbons (Fsp3) is 0.938. The summed E-state index contributed by atoms with van der Waals surface area (Å²) in [6.07, 6.45) is 10.2. The van der Waals surface area contributed by atoms with Gasteiger partial charge in [0.1, 0.15) is 13.2 Å². The predicted octanol–water partition coefficient (Wildman–Crippen LogP) is 5.53. The summed E-state index contributed by atoms with van der Waals surface area (Å²) in [6.45, 7) is 19.9. The molecule has 2 heterocycles. The van der Waals surface area contributed by atoms with E-state index in [1.165, 1.54) is 64.6 Å². The van der Waals surface area contributed by atoms with Gasteiger partial charge < -0.3 is 28.7 Å². The second-order valence-electron chi connectivity index (χ2n) is 13.2. The van der Waals surface area contributed by atoms with E-state index >= 15 is 0 Å². The Bertz CT molecular complexity index is 698. The number of rotatable bonds is 19. The third kappa shape index (κ3) is 16.3. The first-order chi connectivity index (χ1) is 19.0. The summed E-state index contributed by atoms with van der Waals surface area (Å²) in [5, 5.41) is 0. The van der Waals surface area contributed by atoms with Crippen molar-refractivity contribution in [3.8, 4) is 0 Å². The minimum Gasteiger partial charge on any atom is -0.463 e. The van der Waals surface area contributed by atoms with Gasteiger partial charge in [-0.05, 0) is 89.4 Å². The highest BCUT2D eigenvalue weighted by molar-refractivity contribution is 5.69. The van der Waals surface area contributed by atoms with Gasteiger partial charge in [0.15, 0.2) is 5.79 Å². The second-order valence-corrected chi connectivity index (χ2v) is 13.2. The molecule has 8 nitrogen and oxygen atoms in total. The zero-order valence-corrected chi connectivity index (χ0v) is 26.6. The maximum absolute atomic E-state index is 12.2. The lowest BCUT2D eigenvalue weighted by atomic mass is 9.86. The van der Waals surface area contributed by atoms with Crippen LogP contribution in [0, 0.1) is 23.7 Å². The van der Waals surface area contributed by atoms with Crippen molar-refractivity contribution in [2.45, 2.75) is 105 Å². The van der Waals surface area contributed by atoms with Crippen molar-refractivity contribution in [3.05, 3.63) is 0 Å². The summed E-state index contributed by atoms with van der Waals surface area (Å²) < 4.78 is 21.9. The Morgan fingerprint density at radius 2 is 1.23 bits per heavy atom. The van der Waals surface area contributed by atoms with Gasteiger partial charge in [0, 0.05) is 19.5 Å². The molecule has 2 aliphatic heterocycles. The first-order valence-corrected chi connectivity index (χ1v) is 16.1. The van der Waals surface area contributed by atoms with Crippen molar-refractivity contribution >= 4 is 11.9 Å². The standard InChI is InChI=1S/C32H60N2O6/c1-26(2)24-31(36)38-21-23-40-32(5,6)39-22-20-37-30(35)14-19-33-15-10-28(11-16-33)8-7-9-29-12-17-34(18-13-29)25-27(3)4/h26-29H,7-25H2,1-6H3. The molecule has 0 atom stereocenters. The normalized spacial score (nSPS) is 18.5. The maximum Gasteiger partial charge on any atom is 0.307 e. The van der Waals surface area contributed by atoms with Gasteiger partial charge in [-0.1, -0.05) is 47.0 Å². The number of likely N-dealkylation sites (tertiary alicyclic amines) is 2. The molecule has 0 radical (unpaired) electrons. The van der Waals surface area contributed by atoms with Crippen LogP contribution in [0.5, 0.6) is 0 Å². The molecule has 2 saturated heterocycles. The highest BCUT2D eigenvalue weighted by atomic mass is 16.7. The van der Waals surface area contributed by atoms with Crippen LogP contribution in [0.4, 0.5) is 0 Å². The molecule has 0 spiro atoms. The molecule has 0 amide bonds. The van der Waals surface area contributed by atoms with E-state index in [1.54, 1.807) is 13.8 Å². The van der Waals surface area contributed by atoms with Crippen molar-refractivity contribution in [1.82, 2.24) is 9.80 Å². The Balaban J connectivity index is 1.44. The number of piperidine rings is 2. The lowest BCUT2D eigenvalue weighted by molar-refractivity contribution is -0.223. The molecule has 40 heavy (non-hydrogen) atoms. The van der Waals surface area contributed by atoms with E-state index in [9.17, 15) is 9.59 Å². The molecule has 2 rings (SSSR count). The van der Waals surface area contributed by atoms with Crippen molar-refractivity contribution in [3.63, 3.8) is 0 Å². The van der Waals surface area contributed by atoms with E-state index < -0.39 is 5.79 Å². The third-order valence-electron chi connectivity index (χ3n) is 8.06. The van der Waals surface area contributed by atoms with E-state index in [-0.39, 0.29) is 44.3 Å². The fourth-order valence-corrected chi connectivity index (χ4v) is 5.81. The van der Waals surface area contributed by atoms with Crippen LogP contribution in [0.3, 0.4) is 0 Å². The molecule has 0 aromatic heterocycles. The van der Waals surface area contributed by atoms with Crippen molar-refractivity contribution in [1.29, 1.82) is 0 Å². The number of carbonyl (C=O) groups is 2. The maximum atomic E-state index is 12.2. The Hall–Kier alpha value is -1.22. The zero-order valence-electron chi connectivity index (χ0n) is 26.6. The van der Waals surface area contributed by atoms with Crippen LogP contribution in [0.1, 0.15) is 99.3 Å². The van der Waals surface area contributed by atoms with Crippen molar-refractivity contribution in [2.24, 2.45) is 23.7 Å². The molecular weight excluding hydrogens is 508 g/mol. The average Bonchev–Trinajstić information content (AvgIpc) is 2.89. The van der Waals surface area contributed by atoms with Crippen molar-refractivity contribution < 1.29 is 28.5 Å². The Morgan fingerprint density at radius 3 is 1.73 bits per heavy atom. The monoisotopic (exact) mass is 568 g/mol. The molecule has 0 N–H and O–H groups in total. The Labute approximate surface area is 244 Å². The minimum atomic E-state index is -0.841. The van der Waals surface area contributed by atoms with Gasteiger partial charge in [0.2, 0.25) is 0 Å². The lowest BCUT2D eigenvalue weighted by Gasteiger charge is -2.34. The summed E-state index contributed by atoms with van der Waals surface area (Å²) in [5.74, 6) is 1.59. The van der Waals surface area contributed by atoms with Crippen LogP contribution >= 0.6 is 0 Å². The molecule has 2 aliphatic rings. The van der Waals surface area contributed by atoms with Crippen LogP contribution in [0.2, 0.25) is 0 Å². The number of esters is 2. The second kappa shape index (κ2) is 19.1. The number of hydrogen-bond acceptors (Lipinski definition) is 8. The van der Waals surface area contributed by atoms with Gasteiger partial charge in [-0.2, -0.15) is 0 Å². The predicted molar refractivity (Wildman–Crippen MR) is 159 cm³/mol. The SMILES string of the molecule is CC(C)CC(=O)OCCOC(C)(C)OCCOC(=O)CCN1CCC(CCCC2CCN(CC(C)C)CC2)CC1. The van der Waals surface area contributed by atoms with Gasteiger partial charge in [-0.25, -0.2) is 0 Å². The quantitative estimate of drug-likeness (QED) is 0.114. The van der Waals surface area contributed by atoms with Crippen LogP contribution in [0.15, 0.2) is 0 Å². The van der Waals surface area contributed by atoms with Crippen LogP contribution < -0.4 is 0 Å². The summed E-state index contributed by atoms with van der Waals surface area (Å²) in [4.78, 5) is 28.8. The fourth-order valence-electron chi connectivity index (χ4n) is 5.81. The van der Waals surface area contributed by atoms with E-state index in [2.05, 4.69) is 23.6 Å². The molecular formula is C32H60N2O6. The average molecular weight is 569 g/mol. The van der Waals surface area contributed by atoms with E-state index in [4.69, 9.17) is 18.9 Å². The van der Waals surface area contributed by atoms with Crippen molar-refractivity contribution in [2.75, 3.05) is 65.7 Å². The van der Waals surface area contributed by atoms with Gasteiger partial charge in [-0.3, -0.25) is 9.59 Å². The first-order valence-electron chi connectivity index (χ1n) is 16.1. The van der Waals surface area contributed by atoms with E-state index in [0.717, 1.165) is 37.4 Å².